The van der Waals surface area contributed by atoms with Crippen molar-refractivity contribution in [3.8, 4) is 0 Å². The lowest BCUT2D eigenvalue weighted by molar-refractivity contribution is -0.302. The molecular weight excluding hydrogens is 1020 g/mol. The number of unbranched alkanes of at least 4 members (excludes halogenated alkanes) is 50. The SMILES string of the molecule is CCCCCCCCCCCCCCCCCCCCCC/C=C/CC/C=C/CC/C=C/C(O)C(COC1OC(CO)C(O)C(O)C1O)NC(=O)CCCCCCCCCCCCCCCCCCCCCCCCCCCCCCC. The van der Waals surface area contributed by atoms with Gasteiger partial charge in [0.05, 0.1) is 25.4 Å². The van der Waals surface area contributed by atoms with Crippen LogP contribution in [0.5, 0.6) is 0 Å². The van der Waals surface area contributed by atoms with Gasteiger partial charge in [-0.1, -0.05) is 352 Å². The van der Waals surface area contributed by atoms with Gasteiger partial charge in [-0.15, -0.1) is 0 Å². The highest BCUT2D eigenvalue weighted by Crippen LogP contribution is 2.24. The molecule has 0 radical (unpaired) electrons. The van der Waals surface area contributed by atoms with Gasteiger partial charge >= 0.3 is 0 Å². The van der Waals surface area contributed by atoms with E-state index in [0.717, 1.165) is 44.9 Å². The quantitative estimate of drug-likeness (QED) is 0.0261. The van der Waals surface area contributed by atoms with Crippen molar-refractivity contribution in [2.45, 2.75) is 410 Å². The molecule has 9 nitrogen and oxygen atoms in total. The number of aliphatic hydroxyl groups excluding tert-OH is 5. The van der Waals surface area contributed by atoms with Gasteiger partial charge in [-0.05, 0) is 44.9 Å². The number of hydrogen-bond donors (Lipinski definition) is 6. The Morgan fingerprint density at radius 3 is 1.02 bits per heavy atom. The van der Waals surface area contributed by atoms with E-state index in [4.69, 9.17) is 9.47 Å². The Morgan fingerprint density at radius 2 is 0.695 bits per heavy atom. The molecule has 484 valence electrons. The number of rotatable bonds is 64. The number of ether oxygens (including phenoxy) is 2. The molecule has 0 saturated carbocycles. The Balaban J connectivity index is 2.14. The lowest BCUT2D eigenvalue weighted by Gasteiger charge is -2.40. The first-order valence-electron chi connectivity index (χ1n) is 36.2. The van der Waals surface area contributed by atoms with E-state index < -0.39 is 49.5 Å². The van der Waals surface area contributed by atoms with Crippen LogP contribution in [0.4, 0.5) is 0 Å². The zero-order chi connectivity index (χ0) is 59.3. The van der Waals surface area contributed by atoms with E-state index in [9.17, 15) is 30.3 Å². The van der Waals surface area contributed by atoms with Crippen LogP contribution in [-0.4, -0.2) is 87.5 Å². The van der Waals surface area contributed by atoms with E-state index in [1.807, 2.05) is 6.08 Å². The van der Waals surface area contributed by atoms with Crippen molar-refractivity contribution in [3.05, 3.63) is 36.5 Å². The summed E-state index contributed by atoms with van der Waals surface area (Å²) in [6.45, 7) is 3.82. The second-order valence-electron chi connectivity index (χ2n) is 25.4. The van der Waals surface area contributed by atoms with Gasteiger partial charge in [-0.25, -0.2) is 0 Å². The fraction of sp³-hybridized carbons (Fsp3) is 0.904. The van der Waals surface area contributed by atoms with Crippen LogP contribution in [0, 0.1) is 0 Å². The van der Waals surface area contributed by atoms with E-state index in [1.165, 1.54) is 302 Å². The predicted octanol–water partition coefficient (Wildman–Crippen LogP) is 19.8. The van der Waals surface area contributed by atoms with Crippen LogP contribution in [0.1, 0.15) is 367 Å². The number of carbonyl (C=O) groups excluding carboxylic acids is 1. The standard InChI is InChI=1S/C73H139NO8/c1-3-5-7-9-11-13-15-17-19-21-23-25-27-29-31-33-35-36-38-40-42-44-46-48-50-52-54-56-58-60-62-67(76)66(65-81-73-72(80)71(79)70(78)68(64-75)82-73)74-69(77)63-61-59-57-55-53-51-49-47-45-43-41-39-37-34-32-30-28-26-24-22-20-18-16-14-12-10-8-6-4-2/h44,46,52,54,60,62,66-68,70-73,75-76,78-80H,3-43,45,47-51,53,55-59,61,63-65H2,1-2H3,(H,74,77)/b46-44+,54-52+,62-60+. The first kappa shape index (κ1) is 78.4. The molecule has 7 unspecified atom stereocenters. The monoisotopic (exact) mass is 1160 g/mol. The Morgan fingerprint density at radius 1 is 0.402 bits per heavy atom. The molecule has 1 aliphatic rings. The number of hydrogen-bond acceptors (Lipinski definition) is 8. The van der Waals surface area contributed by atoms with Crippen molar-refractivity contribution >= 4 is 5.91 Å². The van der Waals surface area contributed by atoms with E-state index in [1.54, 1.807) is 6.08 Å². The second kappa shape index (κ2) is 62.5. The number of amides is 1. The Labute approximate surface area is 508 Å². The summed E-state index contributed by atoms with van der Waals surface area (Å²) in [4.78, 5) is 13.1. The van der Waals surface area contributed by atoms with E-state index in [2.05, 4.69) is 43.5 Å². The number of allylic oxidation sites excluding steroid dienone is 5. The third kappa shape index (κ3) is 50.6. The van der Waals surface area contributed by atoms with Crippen LogP contribution in [0.25, 0.3) is 0 Å². The molecule has 1 heterocycles. The topological polar surface area (TPSA) is 149 Å². The predicted molar refractivity (Wildman–Crippen MR) is 350 cm³/mol. The molecule has 1 saturated heterocycles. The van der Waals surface area contributed by atoms with Crippen LogP contribution in [0.15, 0.2) is 36.5 Å². The summed E-state index contributed by atoms with van der Waals surface area (Å²) in [5.74, 6) is -0.183. The van der Waals surface area contributed by atoms with Crippen LogP contribution >= 0.6 is 0 Å². The molecule has 1 aliphatic heterocycles. The molecule has 1 rings (SSSR count). The van der Waals surface area contributed by atoms with E-state index >= 15 is 0 Å². The fourth-order valence-electron chi connectivity index (χ4n) is 11.8. The van der Waals surface area contributed by atoms with Crippen LogP contribution in [0.3, 0.4) is 0 Å². The van der Waals surface area contributed by atoms with E-state index in [0.29, 0.717) is 6.42 Å². The Hall–Kier alpha value is -1.59. The molecule has 1 amide bonds. The van der Waals surface area contributed by atoms with Gasteiger partial charge in [0, 0.05) is 6.42 Å². The van der Waals surface area contributed by atoms with Crippen molar-refractivity contribution in [2.75, 3.05) is 13.2 Å². The van der Waals surface area contributed by atoms with Gasteiger partial charge in [0.2, 0.25) is 5.91 Å². The zero-order valence-electron chi connectivity index (χ0n) is 54.3. The molecule has 0 aliphatic carbocycles. The minimum Gasteiger partial charge on any atom is -0.394 e. The largest absolute Gasteiger partial charge is 0.394 e. The first-order chi connectivity index (χ1) is 40.3. The smallest absolute Gasteiger partial charge is 0.220 e. The molecule has 0 spiro atoms. The van der Waals surface area contributed by atoms with Crippen molar-refractivity contribution in [1.29, 1.82) is 0 Å². The molecule has 1 fully saturated rings. The minimum absolute atomic E-state index is 0.183. The maximum absolute atomic E-state index is 13.1. The normalized spacial score (nSPS) is 18.5. The van der Waals surface area contributed by atoms with Gasteiger partial charge in [-0.2, -0.15) is 0 Å². The summed E-state index contributed by atoms with van der Waals surface area (Å²) >= 11 is 0. The molecule has 82 heavy (non-hydrogen) atoms. The zero-order valence-corrected chi connectivity index (χ0v) is 54.3. The van der Waals surface area contributed by atoms with Crippen LogP contribution in [-0.2, 0) is 14.3 Å². The number of nitrogens with one attached hydrogen (secondary N) is 1. The van der Waals surface area contributed by atoms with Gasteiger partial charge in [0.15, 0.2) is 6.29 Å². The summed E-state index contributed by atoms with van der Waals surface area (Å²) in [5.41, 5.74) is 0. The summed E-state index contributed by atoms with van der Waals surface area (Å²) in [6.07, 6.45) is 77.0. The minimum atomic E-state index is -1.57. The molecule has 7 atom stereocenters. The summed E-state index contributed by atoms with van der Waals surface area (Å²) in [5, 5.41) is 54.8. The van der Waals surface area contributed by atoms with Gasteiger partial charge < -0.3 is 40.3 Å². The van der Waals surface area contributed by atoms with Crippen LogP contribution < -0.4 is 5.32 Å². The van der Waals surface area contributed by atoms with Crippen molar-refractivity contribution in [3.63, 3.8) is 0 Å². The number of carbonyl (C=O) groups is 1. The molecule has 0 aromatic heterocycles. The summed E-state index contributed by atoms with van der Waals surface area (Å²) in [6, 6.07) is -0.828. The fourth-order valence-corrected chi connectivity index (χ4v) is 11.8. The highest BCUT2D eigenvalue weighted by molar-refractivity contribution is 5.76. The maximum Gasteiger partial charge on any atom is 0.220 e. The first-order valence-corrected chi connectivity index (χ1v) is 36.2. The summed E-state index contributed by atoms with van der Waals surface area (Å²) in [7, 11) is 0. The van der Waals surface area contributed by atoms with Crippen molar-refractivity contribution < 1.29 is 39.8 Å². The highest BCUT2D eigenvalue weighted by atomic mass is 16.7. The Bertz CT molecular complexity index is 1390. The molecule has 0 aromatic rings. The average Bonchev–Trinajstić information content (AvgIpc) is 3.52. The molecule has 9 heteroatoms. The molecule has 0 bridgehead atoms. The lowest BCUT2D eigenvalue weighted by atomic mass is 9.99. The van der Waals surface area contributed by atoms with Crippen molar-refractivity contribution in [2.24, 2.45) is 0 Å². The number of aliphatic hydroxyl groups is 5. The molecule has 0 aromatic carbocycles. The third-order valence-electron chi connectivity index (χ3n) is 17.4. The molecule has 6 N–H and O–H groups in total. The average molecular weight is 1160 g/mol. The highest BCUT2D eigenvalue weighted by Gasteiger charge is 2.44. The van der Waals surface area contributed by atoms with Crippen molar-refractivity contribution in [1.82, 2.24) is 5.32 Å². The summed E-state index contributed by atoms with van der Waals surface area (Å²) < 4.78 is 11.3. The lowest BCUT2D eigenvalue weighted by Crippen LogP contribution is -2.60. The van der Waals surface area contributed by atoms with Gasteiger partial charge in [0.1, 0.15) is 24.4 Å². The maximum atomic E-state index is 13.1. The van der Waals surface area contributed by atoms with Gasteiger partial charge in [0.25, 0.3) is 0 Å². The van der Waals surface area contributed by atoms with Crippen LogP contribution in [0.2, 0.25) is 0 Å². The molecular formula is C73H139NO8. The Kier molecular flexibility index (Phi) is 59.7. The van der Waals surface area contributed by atoms with E-state index in [-0.39, 0.29) is 12.5 Å². The third-order valence-corrected chi connectivity index (χ3v) is 17.4. The van der Waals surface area contributed by atoms with Gasteiger partial charge in [-0.3, -0.25) is 4.79 Å². The second-order valence-corrected chi connectivity index (χ2v) is 25.4.